The number of rotatable bonds is 0. The lowest BCUT2D eigenvalue weighted by Crippen LogP contribution is -1.84. The van der Waals surface area contributed by atoms with Crippen molar-refractivity contribution in [1.82, 2.24) is 4.98 Å². The van der Waals surface area contributed by atoms with Gasteiger partial charge in [-0.25, -0.2) is 0 Å². The zero-order valence-electron chi connectivity index (χ0n) is 8.12. The average molecular weight is 197 g/mol. The molecule has 0 bridgehead atoms. The van der Waals surface area contributed by atoms with Gasteiger partial charge in [-0.2, -0.15) is 0 Å². The van der Waals surface area contributed by atoms with E-state index in [0.717, 1.165) is 33.2 Å². The van der Waals surface area contributed by atoms with Crippen LogP contribution in [-0.2, 0) is 0 Å². The Balaban J connectivity index is 2.59. The second-order valence-electron chi connectivity index (χ2n) is 3.70. The predicted octanol–water partition coefficient (Wildman–Crippen LogP) is 2.49. The quantitative estimate of drug-likeness (QED) is 0.484. The normalized spacial score (nSPS) is 11.2. The molecular formula is C12H11N3. The van der Waals surface area contributed by atoms with Crippen LogP contribution in [0.1, 0.15) is 0 Å². The van der Waals surface area contributed by atoms with Gasteiger partial charge >= 0.3 is 0 Å². The van der Waals surface area contributed by atoms with Crippen molar-refractivity contribution in [3.05, 3.63) is 36.4 Å². The molecule has 5 N–H and O–H groups in total. The van der Waals surface area contributed by atoms with Crippen LogP contribution in [0.25, 0.3) is 21.8 Å². The Labute approximate surface area is 86.7 Å². The molecule has 2 aromatic carbocycles. The van der Waals surface area contributed by atoms with Crippen LogP contribution < -0.4 is 11.5 Å². The number of H-pyrrole nitrogens is 1. The van der Waals surface area contributed by atoms with Crippen molar-refractivity contribution in [1.29, 1.82) is 0 Å². The lowest BCUT2D eigenvalue weighted by Gasteiger charge is -1.96. The smallest absolute Gasteiger partial charge is 0.0486 e. The molecule has 3 nitrogen and oxygen atoms in total. The highest BCUT2D eigenvalue weighted by atomic mass is 14.7. The zero-order chi connectivity index (χ0) is 10.4. The van der Waals surface area contributed by atoms with E-state index in [0.29, 0.717) is 0 Å². The third-order valence-electron chi connectivity index (χ3n) is 2.68. The lowest BCUT2D eigenvalue weighted by atomic mass is 10.1. The van der Waals surface area contributed by atoms with Gasteiger partial charge in [0.1, 0.15) is 0 Å². The van der Waals surface area contributed by atoms with Crippen LogP contribution in [-0.4, -0.2) is 4.98 Å². The zero-order valence-corrected chi connectivity index (χ0v) is 8.12. The van der Waals surface area contributed by atoms with E-state index in [-0.39, 0.29) is 0 Å². The maximum Gasteiger partial charge on any atom is 0.0486 e. The van der Waals surface area contributed by atoms with Gasteiger partial charge in [-0.05, 0) is 24.3 Å². The Bertz CT molecular complexity index is 652. The summed E-state index contributed by atoms with van der Waals surface area (Å²) in [5.74, 6) is 0. The largest absolute Gasteiger partial charge is 0.399 e. The molecule has 3 aromatic rings. The van der Waals surface area contributed by atoms with Crippen LogP contribution in [0.3, 0.4) is 0 Å². The Kier molecular flexibility index (Phi) is 1.45. The van der Waals surface area contributed by atoms with E-state index in [9.17, 15) is 0 Å². The summed E-state index contributed by atoms with van der Waals surface area (Å²) < 4.78 is 0. The molecule has 0 aliphatic heterocycles. The van der Waals surface area contributed by atoms with Gasteiger partial charge in [-0.1, -0.05) is 12.1 Å². The van der Waals surface area contributed by atoms with Gasteiger partial charge < -0.3 is 16.5 Å². The van der Waals surface area contributed by atoms with Crippen molar-refractivity contribution in [2.75, 3.05) is 11.5 Å². The van der Waals surface area contributed by atoms with Gasteiger partial charge in [0.15, 0.2) is 0 Å². The molecule has 74 valence electrons. The third-order valence-corrected chi connectivity index (χ3v) is 2.68. The van der Waals surface area contributed by atoms with E-state index in [4.69, 9.17) is 11.5 Å². The van der Waals surface area contributed by atoms with Crippen molar-refractivity contribution < 1.29 is 0 Å². The molecule has 0 saturated heterocycles. The first-order chi connectivity index (χ1) is 7.25. The second-order valence-corrected chi connectivity index (χ2v) is 3.70. The van der Waals surface area contributed by atoms with Gasteiger partial charge in [0.25, 0.3) is 0 Å². The molecule has 1 aromatic heterocycles. The summed E-state index contributed by atoms with van der Waals surface area (Å²) in [5.41, 5.74) is 15.3. The van der Waals surface area contributed by atoms with E-state index in [1.165, 1.54) is 0 Å². The highest BCUT2D eigenvalue weighted by Gasteiger charge is 2.06. The number of aromatic nitrogens is 1. The third kappa shape index (κ3) is 1.06. The first kappa shape index (κ1) is 8.17. The maximum absolute atomic E-state index is 5.95. The van der Waals surface area contributed by atoms with Crippen LogP contribution in [0.15, 0.2) is 36.4 Å². The SMILES string of the molecule is Nc1ccc2c(c1)[nH]c1cccc(N)c12. The topological polar surface area (TPSA) is 67.8 Å². The molecule has 0 atom stereocenters. The summed E-state index contributed by atoms with van der Waals surface area (Å²) in [4.78, 5) is 3.30. The minimum atomic E-state index is 0.757. The van der Waals surface area contributed by atoms with Crippen LogP contribution >= 0.6 is 0 Å². The number of nitrogens with two attached hydrogens (primary N) is 2. The van der Waals surface area contributed by atoms with E-state index in [1.807, 2.05) is 36.4 Å². The number of fused-ring (bicyclic) bond motifs is 3. The first-order valence-corrected chi connectivity index (χ1v) is 4.81. The monoisotopic (exact) mass is 197 g/mol. The molecule has 3 heteroatoms. The van der Waals surface area contributed by atoms with Crippen molar-refractivity contribution in [2.24, 2.45) is 0 Å². The fourth-order valence-electron chi connectivity index (χ4n) is 2.00. The molecule has 0 aliphatic carbocycles. The number of benzene rings is 2. The Morgan fingerprint density at radius 3 is 2.67 bits per heavy atom. The standard InChI is InChI=1S/C12H11N3/c13-7-4-5-8-11(6-7)15-10-3-1-2-9(14)12(8)10/h1-6,15H,13-14H2. The number of nitrogen functional groups attached to an aromatic ring is 2. The van der Waals surface area contributed by atoms with Crippen molar-refractivity contribution in [3.8, 4) is 0 Å². The molecule has 0 fully saturated rings. The number of aromatic amines is 1. The fourth-order valence-corrected chi connectivity index (χ4v) is 2.00. The molecule has 3 rings (SSSR count). The maximum atomic E-state index is 5.95. The number of hydrogen-bond donors (Lipinski definition) is 3. The van der Waals surface area contributed by atoms with Gasteiger partial charge in [-0.3, -0.25) is 0 Å². The molecule has 0 unspecified atom stereocenters. The van der Waals surface area contributed by atoms with Crippen LogP contribution in [0, 0.1) is 0 Å². The van der Waals surface area contributed by atoms with Gasteiger partial charge in [0.05, 0.1) is 0 Å². The highest BCUT2D eigenvalue weighted by molar-refractivity contribution is 6.13. The lowest BCUT2D eigenvalue weighted by molar-refractivity contribution is 1.54. The molecule has 15 heavy (non-hydrogen) atoms. The first-order valence-electron chi connectivity index (χ1n) is 4.81. The number of hydrogen-bond acceptors (Lipinski definition) is 2. The summed E-state index contributed by atoms with van der Waals surface area (Å²) in [6.45, 7) is 0. The van der Waals surface area contributed by atoms with E-state index < -0.39 is 0 Å². The van der Waals surface area contributed by atoms with E-state index in [2.05, 4.69) is 4.98 Å². The second kappa shape index (κ2) is 2.67. The Morgan fingerprint density at radius 2 is 1.80 bits per heavy atom. The molecule has 0 saturated carbocycles. The number of nitrogens with one attached hydrogen (secondary N) is 1. The molecule has 1 heterocycles. The summed E-state index contributed by atoms with van der Waals surface area (Å²) in [6, 6.07) is 11.7. The number of anilines is 2. The average Bonchev–Trinajstić information content (AvgIpc) is 2.56. The minimum absolute atomic E-state index is 0.757. The summed E-state index contributed by atoms with van der Waals surface area (Å²) >= 11 is 0. The van der Waals surface area contributed by atoms with Crippen molar-refractivity contribution in [3.63, 3.8) is 0 Å². The molecule has 0 radical (unpaired) electrons. The van der Waals surface area contributed by atoms with Crippen molar-refractivity contribution >= 4 is 33.2 Å². The fraction of sp³-hybridized carbons (Fsp3) is 0. The molecule has 0 aliphatic rings. The molecular weight excluding hydrogens is 186 g/mol. The molecule has 0 spiro atoms. The van der Waals surface area contributed by atoms with Crippen molar-refractivity contribution in [2.45, 2.75) is 0 Å². The summed E-state index contributed by atoms with van der Waals surface area (Å²) in [7, 11) is 0. The minimum Gasteiger partial charge on any atom is -0.399 e. The van der Waals surface area contributed by atoms with E-state index in [1.54, 1.807) is 0 Å². The Morgan fingerprint density at radius 1 is 0.933 bits per heavy atom. The Hall–Kier alpha value is -2.16. The molecule has 0 amide bonds. The summed E-state index contributed by atoms with van der Waals surface area (Å²) in [5, 5.41) is 2.20. The van der Waals surface area contributed by atoms with Crippen LogP contribution in [0.5, 0.6) is 0 Å². The van der Waals surface area contributed by atoms with Gasteiger partial charge in [-0.15, -0.1) is 0 Å². The van der Waals surface area contributed by atoms with Crippen LogP contribution in [0.2, 0.25) is 0 Å². The summed E-state index contributed by atoms with van der Waals surface area (Å²) in [6.07, 6.45) is 0. The highest BCUT2D eigenvalue weighted by Crippen LogP contribution is 2.30. The van der Waals surface area contributed by atoms with Crippen LogP contribution in [0.4, 0.5) is 11.4 Å². The van der Waals surface area contributed by atoms with Gasteiger partial charge in [0, 0.05) is 33.2 Å². The van der Waals surface area contributed by atoms with E-state index >= 15 is 0 Å². The predicted molar refractivity (Wildman–Crippen MR) is 64.6 cm³/mol. The van der Waals surface area contributed by atoms with Gasteiger partial charge in [0.2, 0.25) is 0 Å².